The first-order valence-corrected chi connectivity index (χ1v) is 13.4. The fraction of sp³-hybridized carbons (Fsp3) is 0.400. The zero-order chi connectivity index (χ0) is 23.3. The van der Waals surface area contributed by atoms with Crippen LogP contribution in [0.25, 0.3) is 0 Å². The molecular weight excluding hydrogens is 421 g/mol. The third-order valence-electron chi connectivity index (χ3n) is 6.93. The Bertz CT molecular complexity index is 1060. The van der Waals surface area contributed by atoms with E-state index in [9.17, 15) is 0 Å². The average molecular weight is 460 g/mol. The van der Waals surface area contributed by atoms with Crippen molar-refractivity contribution in [3.8, 4) is 5.75 Å². The highest BCUT2D eigenvalue weighted by atomic mass is 31.1. The number of hydrogen-bond acceptors (Lipinski definition) is 2. The Morgan fingerprint density at radius 1 is 0.879 bits per heavy atom. The van der Waals surface area contributed by atoms with Crippen molar-refractivity contribution in [1.29, 1.82) is 0 Å². The van der Waals surface area contributed by atoms with Gasteiger partial charge in [0.1, 0.15) is 12.4 Å². The van der Waals surface area contributed by atoms with Gasteiger partial charge in [0.25, 0.3) is 0 Å². The highest BCUT2D eigenvalue weighted by Crippen LogP contribution is 2.49. The molecule has 0 spiro atoms. The summed E-state index contributed by atoms with van der Waals surface area (Å²) >= 11 is 0. The molecule has 0 aliphatic carbocycles. The lowest BCUT2D eigenvalue weighted by molar-refractivity contribution is 0.299. The zero-order valence-corrected chi connectivity index (χ0v) is 21.7. The second-order valence-electron chi connectivity index (χ2n) is 9.65. The molecule has 0 aromatic heterocycles. The van der Waals surface area contributed by atoms with Crippen LogP contribution in [0.15, 0.2) is 66.7 Å². The Morgan fingerprint density at radius 3 is 2.30 bits per heavy atom. The Morgan fingerprint density at radius 2 is 1.58 bits per heavy atom. The van der Waals surface area contributed by atoms with Crippen molar-refractivity contribution in [3.05, 3.63) is 89.0 Å². The van der Waals surface area contributed by atoms with Crippen LogP contribution >= 0.6 is 8.58 Å². The summed E-state index contributed by atoms with van der Waals surface area (Å²) in [5.41, 5.74) is 6.64. The van der Waals surface area contributed by atoms with E-state index in [1.165, 1.54) is 65.6 Å². The van der Waals surface area contributed by atoms with Gasteiger partial charge in [0, 0.05) is 29.5 Å². The van der Waals surface area contributed by atoms with Crippen LogP contribution in [0.5, 0.6) is 5.75 Å². The van der Waals surface area contributed by atoms with Crippen LogP contribution < -0.4 is 14.9 Å². The molecule has 0 bridgehead atoms. The number of rotatable bonds is 8. The van der Waals surface area contributed by atoms with Gasteiger partial charge in [0.2, 0.25) is 0 Å². The molecule has 0 amide bonds. The Kier molecular flexibility index (Phi) is 7.76. The van der Waals surface area contributed by atoms with E-state index >= 15 is 0 Å². The molecule has 0 radical (unpaired) electrons. The fourth-order valence-corrected chi connectivity index (χ4v) is 6.35. The summed E-state index contributed by atoms with van der Waals surface area (Å²) in [5.74, 6) is 1.02. The van der Waals surface area contributed by atoms with E-state index in [1.54, 1.807) is 0 Å². The molecule has 2 nitrogen and oxygen atoms in total. The van der Waals surface area contributed by atoms with Crippen molar-refractivity contribution in [3.63, 3.8) is 0 Å². The molecule has 1 aliphatic rings. The number of aryl methyl sites for hydroxylation is 2. The van der Waals surface area contributed by atoms with Gasteiger partial charge in [0.05, 0.1) is 0 Å². The van der Waals surface area contributed by atoms with Crippen LogP contribution in [0, 0.1) is 13.8 Å². The first-order chi connectivity index (χ1) is 16.0. The van der Waals surface area contributed by atoms with Crippen molar-refractivity contribution in [1.82, 2.24) is 0 Å². The van der Waals surface area contributed by atoms with E-state index in [0.29, 0.717) is 15.2 Å². The standard InChI is InChI=1S/C30H38NOP/c1-5-30(4,33-29-17-15-24(3)21-27(29)31-18-10-7-11-19-31)26-20-23(2)14-16-28(26)32-22-25-12-8-6-9-13-25/h6,8-9,12-17,20-21,33H,5,7,10-11,18-19,22H2,1-4H3. The second-order valence-corrected chi connectivity index (χ2v) is 11.5. The van der Waals surface area contributed by atoms with Gasteiger partial charge in [0.15, 0.2) is 0 Å². The Balaban J connectivity index is 1.66. The molecular formula is C30H38NOP. The predicted molar refractivity (Wildman–Crippen MR) is 145 cm³/mol. The number of benzene rings is 3. The summed E-state index contributed by atoms with van der Waals surface area (Å²) in [6, 6.07) is 24.2. The normalized spacial score (nSPS) is 16.2. The maximum Gasteiger partial charge on any atom is 0.123 e. The lowest BCUT2D eigenvalue weighted by atomic mass is 9.95. The first-order valence-electron chi connectivity index (χ1n) is 12.4. The van der Waals surface area contributed by atoms with Crippen molar-refractivity contribution < 1.29 is 4.74 Å². The molecule has 174 valence electrons. The molecule has 1 aliphatic heterocycles. The molecule has 2 atom stereocenters. The van der Waals surface area contributed by atoms with E-state index < -0.39 is 0 Å². The lowest BCUT2D eigenvalue weighted by Gasteiger charge is -2.35. The molecule has 3 aromatic rings. The minimum atomic E-state index is 0.0256. The molecule has 0 saturated carbocycles. The molecule has 33 heavy (non-hydrogen) atoms. The highest BCUT2D eigenvalue weighted by Gasteiger charge is 2.30. The fourth-order valence-electron chi connectivity index (χ4n) is 4.72. The van der Waals surface area contributed by atoms with Gasteiger partial charge < -0.3 is 9.64 Å². The van der Waals surface area contributed by atoms with Crippen LogP contribution in [0.1, 0.15) is 61.8 Å². The number of nitrogens with zero attached hydrogens (tertiary/aromatic N) is 1. The molecule has 3 aromatic carbocycles. The van der Waals surface area contributed by atoms with Crippen molar-refractivity contribution >= 4 is 19.6 Å². The van der Waals surface area contributed by atoms with E-state index in [-0.39, 0.29) is 5.16 Å². The summed E-state index contributed by atoms with van der Waals surface area (Å²) in [5, 5.41) is 1.51. The summed E-state index contributed by atoms with van der Waals surface area (Å²) in [6.45, 7) is 12.1. The minimum Gasteiger partial charge on any atom is -0.489 e. The predicted octanol–water partition coefficient (Wildman–Crippen LogP) is 7.50. The number of piperidine rings is 1. The number of hydrogen-bond donors (Lipinski definition) is 0. The van der Waals surface area contributed by atoms with E-state index in [0.717, 1.165) is 12.2 Å². The quantitative estimate of drug-likeness (QED) is 0.323. The summed E-state index contributed by atoms with van der Waals surface area (Å²) in [6.07, 6.45) is 5.04. The molecule has 3 heteroatoms. The smallest absolute Gasteiger partial charge is 0.123 e. The largest absolute Gasteiger partial charge is 0.489 e. The van der Waals surface area contributed by atoms with Gasteiger partial charge in [-0.15, -0.1) is 0 Å². The Labute approximate surface area is 202 Å². The number of ether oxygens (including phenoxy) is 1. The summed E-state index contributed by atoms with van der Waals surface area (Å²) in [7, 11) is 0.688. The lowest BCUT2D eigenvalue weighted by Crippen LogP contribution is -2.33. The topological polar surface area (TPSA) is 12.5 Å². The molecule has 2 unspecified atom stereocenters. The summed E-state index contributed by atoms with van der Waals surface area (Å²) < 4.78 is 6.42. The van der Waals surface area contributed by atoms with Crippen molar-refractivity contribution in [2.75, 3.05) is 18.0 Å². The van der Waals surface area contributed by atoms with Crippen LogP contribution in [0.3, 0.4) is 0 Å². The monoisotopic (exact) mass is 459 g/mol. The third kappa shape index (κ3) is 5.79. The van der Waals surface area contributed by atoms with Crippen molar-refractivity contribution in [2.24, 2.45) is 0 Å². The van der Waals surface area contributed by atoms with Crippen LogP contribution in [0.2, 0.25) is 0 Å². The van der Waals surface area contributed by atoms with Gasteiger partial charge in [-0.2, -0.15) is 0 Å². The highest BCUT2D eigenvalue weighted by molar-refractivity contribution is 7.49. The third-order valence-corrected chi connectivity index (χ3v) is 8.80. The average Bonchev–Trinajstić information content (AvgIpc) is 2.85. The van der Waals surface area contributed by atoms with Crippen LogP contribution in [-0.4, -0.2) is 13.1 Å². The number of anilines is 1. The van der Waals surface area contributed by atoms with Gasteiger partial charge in [-0.3, -0.25) is 0 Å². The second kappa shape index (κ2) is 10.7. The van der Waals surface area contributed by atoms with Crippen LogP contribution in [-0.2, 0) is 11.8 Å². The first kappa shape index (κ1) is 23.8. The van der Waals surface area contributed by atoms with Gasteiger partial charge in [-0.1, -0.05) is 82.6 Å². The molecule has 4 rings (SSSR count). The van der Waals surface area contributed by atoms with E-state index in [4.69, 9.17) is 4.74 Å². The van der Waals surface area contributed by atoms with Crippen molar-refractivity contribution in [2.45, 2.75) is 65.1 Å². The zero-order valence-electron chi connectivity index (χ0n) is 20.7. The van der Waals surface area contributed by atoms with Crippen LogP contribution in [0.4, 0.5) is 5.69 Å². The maximum atomic E-state index is 6.42. The molecule has 1 saturated heterocycles. The molecule has 1 heterocycles. The molecule has 0 N–H and O–H groups in total. The van der Waals surface area contributed by atoms with Gasteiger partial charge >= 0.3 is 0 Å². The van der Waals surface area contributed by atoms with E-state index in [2.05, 4.69) is 99.3 Å². The minimum absolute atomic E-state index is 0.0256. The van der Waals surface area contributed by atoms with E-state index in [1.807, 2.05) is 0 Å². The maximum absolute atomic E-state index is 6.42. The summed E-state index contributed by atoms with van der Waals surface area (Å²) in [4.78, 5) is 2.62. The SMILES string of the molecule is CCC(C)(Pc1ccc(C)cc1N1CCCCC1)c1cc(C)ccc1OCc1ccccc1. The Hall–Kier alpha value is -2.31. The van der Waals surface area contributed by atoms with Gasteiger partial charge in [-0.25, -0.2) is 0 Å². The van der Waals surface area contributed by atoms with Gasteiger partial charge in [-0.05, 0) is 68.1 Å². The molecule has 1 fully saturated rings.